The summed E-state index contributed by atoms with van der Waals surface area (Å²) in [6.07, 6.45) is 0.965. The summed E-state index contributed by atoms with van der Waals surface area (Å²) in [6, 6.07) is 0.361. The summed E-state index contributed by atoms with van der Waals surface area (Å²) in [6.45, 7) is 13.3. The van der Waals surface area contributed by atoms with Crippen LogP contribution in [-0.4, -0.2) is 25.3 Å². The average molecular weight is 185 g/mol. The highest BCUT2D eigenvalue weighted by Gasteiger charge is 2.22. The van der Waals surface area contributed by atoms with E-state index in [0.717, 1.165) is 13.0 Å². The molecule has 0 aliphatic carbocycles. The summed E-state index contributed by atoms with van der Waals surface area (Å²) in [7, 11) is 1.75. The zero-order valence-electron chi connectivity index (χ0n) is 9.61. The fraction of sp³-hybridized carbons (Fsp3) is 0.818. The SMILES string of the molecule is C=C(C)C(CC(C)(C)OC)NCC. The number of nitrogens with one attached hydrogen (secondary N) is 1. The van der Waals surface area contributed by atoms with E-state index in [9.17, 15) is 0 Å². The topological polar surface area (TPSA) is 21.3 Å². The second kappa shape index (κ2) is 5.40. The minimum Gasteiger partial charge on any atom is -0.379 e. The van der Waals surface area contributed by atoms with Crippen molar-refractivity contribution < 1.29 is 4.74 Å². The van der Waals surface area contributed by atoms with Gasteiger partial charge in [-0.1, -0.05) is 19.1 Å². The van der Waals surface area contributed by atoms with Crippen LogP contribution in [0.15, 0.2) is 12.2 Å². The van der Waals surface area contributed by atoms with E-state index in [4.69, 9.17) is 4.74 Å². The third-order valence-corrected chi connectivity index (χ3v) is 2.29. The third kappa shape index (κ3) is 5.06. The second-order valence-electron chi connectivity index (χ2n) is 4.12. The molecule has 0 aromatic heterocycles. The second-order valence-corrected chi connectivity index (χ2v) is 4.12. The fourth-order valence-corrected chi connectivity index (χ4v) is 1.24. The number of hydrogen-bond donors (Lipinski definition) is 1. The summed E-state index contributed by atoms with van der Waals surface area (Å²) in [5, 5.41) is 3.39. The van der Waals surface area contributed by atoms with Crippen LogP contribution >= 0.6 is 0 Å². The molecule has 0 aromatic rings. The van der Waals surface area contributed by atoms with E-state index in [1.807, 2.05) is 0 Å². The lowest BCUT2D eigenvalue weighted by atomic mass is 9.95. The Kier molecular flexibility index (Phi) is 5.26. The van der Waals surface area contributed by atoms with E-state index in [0.29, 0.717) is 6.04 Å². The molecule has 0 saturated heterocycles. The lowest BCUT2D eigenvalue weighted by molar-refractivity contribution is 0.0100. The summed E-state index contributed by atoms with van der Waals surface area (Å²) in [5.41, 5.74) is 1.10. The van der Waals surface area contributed by atoms with Gasteiger partial charge in [0.15, 0.2) is 0 Å². The van der Waals surface area contributed by atoms with Crippen molar-refractivity contribution in [2.45, 2.75) is 45.8 Å². The van der Waals surface area contributed by atoms with Crippen LogP contribution in [0.25, 0.3) is 0 Å². The van der Waals surface area contributed by atoms with E-state index < -0.39 is 0 Å². The molecular weight excluding hydrogens is 162 g/mol. The molecule has 1 atom stereocenters. The van der Waals surface area contributed by atoms with Gasteiger partial charge in [0.25, 0.3) is 0 Å². The molecule has 0 heterocycles. The summed E-state index contributed by atoms with van der Waals surface area (Å²) >= 11 is 0. The summed E-state index contributed by atoms with van der Waals surface area (Å²) in [5.74, 6) is 0. The van der Waals surface area contributed by atoms with Crippen LogP contribution in [0.2, 0.25) is 0 Å². The molecule has 2 nitrogen and oxygen atoms in total. The highest BCUT2D eigenvalue weighted by atomic mass is 16.5. The summed E-state index contributed by atoms with van der Waals surface area (Å²) in [4.78, 5) is 0. The van der Waals surface area contributed by atoms with Crippen molar-refractivity contribution in [3.8, 4) is 0 Å². The van der Waals surface area contributed by atoms with Crippen LogP contribution in [0, 0.1) is 0 Å². The lowest BCUT2D eigenvalue weighted by Crippen LogP contribution is -2.38. The largest absolute Gasteiger partial charge is 0.379 e. The van der Waals surface area contributed by atoms with Crippen molar-refractivity contribution in [1.82, 2.24) is 5.32 Å². The summed E-state index contributed by atoms with van der Waals surface area (Å²) < 4.78 is 5.38. The first-order valence-corrected chi connectivity index (χ1v) is 4.87. The van der Waals surface area contributed by atoms with Gasteiger partial charge >= 0.3 is 0 Å². The minimum absolute atomic E-state index is 0.0776. The zero-order valence-corrected chi connectivity index (χ0v) is 9.61. The van der Waals surface area contributed by atoms with E-state index in [-0.39, 0.29) is 5.60 Å². The molecule has 0 radical (unpaired) electrons. The van der Waals surface area contributed by atoms with Gasteiger partial charge in [-0.3, -0.25) is 0 Å². The molecule has 0 saturated carbocycles. The molecule has 0 rings (SSSR count). The zero-order chi connectivity index (χ0) is 10.5. The maximum atomic E-state index is 5.38. The Bertz CT molecular complexity index is 163. The molecule has 0 aliphatic heterocycles. The molecule has 1 N–H and O–H groups in total. The molecule has 0 fully saturated rings. The van der Waals surface area contributed by atoms with Gasteiger partial charge in [-0.05, 0) is 33.7 Å². The lowest BCUT2D eigenvalue weighted by Gasteiger charge is -2.29. The van der Waals surface area contributed by atoms with E-state index in [1.54, 1.807) is 7.11 Å². The van der Waals surface area contributed by atoms with Crippen molar-refractivity contribution in [3.05, 3.63) is 12.2 Å². The normalized spacial score (nSPS) is 14.2. The minimum atomic E-state index is -0.0776. The van der Waals surface area contributed by atoms with E-state index in [1.165, 1.54) is 5.57 Å². The maximum Gasteiger partial charge on any atom is 0.0640 e. The monoisotopic (exact) mass is 185 g/mol. The Labute approximate surface area is 82.4 Å². The Morgan fingerprint density at radius 3 is 2.38 bits per heavy atom. The van der Waals surface area contributed by atoms with Crippen LogP contribution < -0.4 is 5.32 Å². The number of ether oxygens (including phenoxy) is 1. The third-order valence-electron chi connectivity index (χ3n) is 2.29. The number of rotatable bonds is 6. The number of methoxy groups -OCH3 is 1. The first-order chi connectivity index (χ1) is 5.93. The standard InChI is InChI=1S/C11H23NO/c1-7-12-10(9(2)3)8-11(4,5)13-6/h10,12H,2,7-8H2,1,3-6H3. The van der Waals surface area contributed by atoms with Gasteiger partial charge in [0.1, 0.15) is 0 Å². The Balaban J connectivity index is 4.17. The van der Waals surface area contributed by atoms with Crippen molar-refractivity contribution in [2.75, 3.05) is 13.7 Å². The smallest absolute Gasteiger partial charge is 0.0640 e. The average Bonchev–Trinajstić information content (AvgIpc) is 2.03. The Hall–Kier alpha value is -0.340. The van der Waals surface area contributed by atoms with Gasteiger partial charge < -0.3 is 10.1 Å². The molecule has 0 amide bonds. The van der Waals surface area contributed by atoms with Crippen molar-refractivity contribution >= 4 is 0 Å². The molecule has 1 unspecified atom stereocenters. The van der Waals surface area contributed by atoms with Gasteiger partial charge in [-0.15, -0.1) is 0 Å². The predicted molar refractivity (Wildman–Crippen MR) is 58.0 cm³/mol. The van der Waals surface area contributed by atoms with Crippen molar-refractivity contribution in [2.24, 2.45) is 0 Å². The van der Waals surface area contributed by atoms with Gasteiger partial charge in [0.2, 0.25) is 0 Å². The predicted octanol–water partition coefficient (Wildman–Crippen LogP) is 2.36. The molecule has 78 valence electrons. The van der Waals surface area contributed by atoms with Crippen LogP contribution in [-0.2, 0) is 4.74 Å². The van der Waals surface area contributed by atoms with Gasteiger partial charge in [-0.2, -0.15) is 0 Å². The van der Waals surface area contributed by atoms with Gasteiger partial charge in [0.05, 0.1) is 5.60 Å². The Morgan fingerprint density at radius 1 is 1.54 bits per heavy atom. The quantitative estimate of drug-likeness (QED) is 0.641. The van der Waals surface area contributed by atoms with Gasteiger partial charge in [0, 0.05) is 13.2 Å². The highest BCUT2D eigenvalue weighted by molar-refractivity contribution is 5.03. The molecule has 0 aliphatic rings. The van der Waals surface area contributed by atoms with Crippen LogP contribution in [0.4, 0.5) is 0 Å². The van der Waals surface area contributed by atoms with E-state index in [2.05, 4.69) is 39.6 Å². The van der Waals surface area contributed by atoms with Gasteiger partial charge in [-0.25, -0.2) is 0 Å². The molecule has 13 heavy (non-hydrogen) atoms. The molecule has 2 heteroatoms. The van der Waals surface area contributed by atoms with E-state index >= 15 is 0 Å². The first-order valence-electron chi connectivity index (χ1n) is 4.87. The highest BCUT2D eigenvalue weighted by Crippen LogP contribution is 2.18. The number of hydrogen-bond acceptors (Lipinski definition) is 2. The Morgan fingerprint density at radius 2 is 2.08 bits per heavy atom. The van der Waals surface area contributed by atoms with Crippen LogP contribution in [0.5, 0.6) is 0 Å². The van der Waals surface area contributed by atoms with Crippen molar-refractivity contribution in [1.29, 1.82) is 0 Å². The number of likely N-dealkylation sites (N-methyl/N-ethyl adjacent to an activating group) is 1. The molecule has 0 bridgehead atoms. The molecule has 0 spiro atoms. The van der Waals surface area contributed by atoms with Crippen molar-refractivity contribution in [3.63, 3.8) is 0 Å². The molecule has 0 aromatic carbocycles. The first kappa shape index (κ1) is 12.7. The fourth-order valence-electron chi connectivity index (χ4n) is 1.24. The van der Waals surface area contributed by atoms with Crippen LogP contribution in [0.3, 0.4) is 0 Å². The molecular formula is C11H23NO. The van der Waals surface area contributed by atoms with Crippen LogP contribution in [0.1, 0.15) is 34.1 Å². The maximum absolute atomic E-state index is 5.38.